The van der Waals surface area contributed by atoms with Crippen LogP contribution < -0.4 is 0 Å². The molecule has 68 valence electrons. The Labute approximate surface area is 83.7 Å². The molecule has 0 spiro atoms. The van der Waals surface area contributed by atoms with Crippen molar-refractivity contribution in [1.29, 1.82) is 0 Å². The van der Waals surface area contributed by atoms with Gasteiger partial charge in [-0.3, -0.25) is 0 Å². The van der Waals surface area contributed by atoms with Crippen LogP contribution in [0.1, 0.15) is 12.0 Å². The van der Waals surface area contributed by atoms with Crippen molar-refractivity contribution in [3.05, 3.63) is 60.2 Å². The second-order valence-electron chi connectivity index (χ2n) is 3.13. The van der Waals surface area contributed by atoms with E-state index in [1.807, 2.05) is 30.4 Å². The molecular weight excluding hydrogens is 172 g/mol. The molecule has 0 amide bonds. The molecule has 0 aromatic heterocycles. The van der Waals surface area contributed by atoms with Gasteiger partial charge in [0, 0.05) is 18.2 Å². The van der Waals surface area contributed by atoms with Crippen LogP contribution in [0.2, 0.25) is 0 Å². The summed E-state index contributed by atoms with van der Waals surface area (Å²) < 4.78 is 0. The first-order chi connectivity index (χ1) is 6.86. The molecule has 1 aromatic carbocycles. The zero-order valence-electron chi connectivity index (χ0n) is 7.77. The Hall–Kier alpha value is -1.85. The molecule has 14 heavy (non-hydrogen) atoms. The van der Waals surface area contributed by atoms with Gasteiger partial charge in [0.15, 0.2) is 5.57 Å². The van der Waals surface area contributed by atoms with Gasteiger partial charge in [-0.05, 0) is 18.2 Å². The lowest BCUT2D eigenvalue weighted by Crippen LogP contribution is -1.79. The van der Waals surface area contributed by atoms with E-state index in [9.17, 15) is 0 Å². The van der Waals surface area contributed by atoms with E-state index in [0.717, 1.165) is 17.6 Å². The summed E-state index contributed by atoms with van der Waals surface area (Å²) in [4.78, 5) is 0. The highest BCUT2D eigenvalue weighted by Crippen LogP contribution is 2.20. The van der Waals surface area contributed by atoms with Crippen LogP contribution in [0.5, 0.6) is 5.75 Å². The molecule has 0 aliphatic heterocycles. The quantitative estimate of drug-likeness (QED) is 0.663. The van der Waals surface area contributed by atoms with Gasteiger partial charge in [-0.15, -0.1) is 0 Å². The van der Waals surface area contributed by atoms with E-state index in [4.69, 9.17) is 5.11 Å². The van der Waals surface area contributed by atoms with E-state index < -0.39 is 0 Å². The van der Waals surface area contributed by atoms with Gasteiger partial charge in [-0.25, -0.2) is 0 Å². The summed E-state index contributed by atoms with van der Waals surface area (Å²) in [6.07, 6.45) is 12.2. The van der Waals surface area contributed by atoms with Crippen molar-refractivity contribution in [2.45, 2.75) is 6.42 Å². The van der Waals surface area contributed by atoms with Gasteiger partial charge < -0.3 is 5.11 Å². The number of hydrogen-bond donors (Lipinski definition) is 1. The van der Waals surface area contributed by atoms with E-state index in [-0.39, 0.29) is 0 Å². The maximum absolute atomic E-state index is 9.15. The van der Waals surface area contributed by atoms with Crippen LogP contribution in [0.4, 0.5) is 0 Å². The fourth-order valence-corrected chi connectivity index (χ4v) is 1.37. The smallest absolute Gasteiger partial charge is 0.191 e. The monoisotopic (exact) mass is 183 g/mol. The van der Waals surface area contributed by atoms with Gasteiger partial charge in [0.1, 0.15) is 5.75 Å². The zero-order valence-corrected chi connectivity index (χ0v) is 7.77. The minimum atomic E-state index is 0.296. The number of aromatic hydroxyl groups is 1. The van der Waals surface area contributed by atoms with Crippen molar-refractivity contribution in [1.82, 2.24) is 0 Å². The highest BCUT2D eigenvalue weighted by molar-refractivity contribution is 5.73. The van der Waals surface area contributed by atoms with Crippen LogP contribution in [0, 0.1) is 6.08 Å². The summed E-state index contributed by atoms with van der Waals surface area (Å²) in [5.74, 6) is 0.296. The fraction of sp³-hybridized carbons (Fsp3) is 0.0769. The van der Waals surface area contributed by atoms with Crippen molar-refractivity contribution in [3.8, 4) is 5.75 Å². The lowest BCUT2D eigenvalue weighted by Gasteiger charge is -1.92. The van der Waals surface area contributed by atoms with Crippen LogP contribution in [-0.2, 0) is 0 Å². The molecule has 0 heterocycles. The van der Waals surface area contributed by atoms with E-state index in [1.165, 1.54) is 0 Å². The first kappa shape index (κ1) is 8.74. The normalized spacial score (nSPS) is 14.4. The molecule has 0 radical (unpaired) electrons. The van der Waals surface area contributed by atoms with E-state index in [1.54, 1.807) is 12.1 Å². The average molecular weight is 183 g/mol. The Bertz CT molecular complexity index is 394. The first-order valence-corrected chi connectivity index (χ1v) is 4.60. The minimum absolute atomic E-state index is 0.296. The van der Waals surface area contributed by atoms with Gasteiger partial charge in [-0.2, -0.15) is 0 Å². The minimum Gasteiger partial charge on any atom is -0.508 e. The van der Waals surface area contributed by atoms with E-state index >= 15 is 0 Å². The van der Waals surface area contributed by atoms with Crippen LogP contribution in [0.3, 0.4) is 0 Å². The molecule has 1 aliphatic rings. The Morgan fingerprint density at radius 1 is 1.07 bits per heavy atom. The van der Waals surface area contributed by atoms with Crippen LogP contribution >= 0.6 is 0 Å². The van der Waals surface area contributed by atoms with Gasteiger partial charge in [0.25, 0.3) is 0 Å². The topological polar surface area (TPSA) is 20.2 Å². The number of benzene rings is 1. The molecule has 0 saturated carbocycles. The second kappa shape index (κ2) is 3.91. The predicted molar refractivity (Wildman–Crippen MR) is 57.7 cm³/mol. The van der Waals surface area contributed by atoms with Gasteiger partial charge in [-0.1, -0.05) is 12.2 Å². The molecule has 2 rings (SSSR count). The van der Waals surface area contributed by atoms with Crippen molar-refractivity contribution < 1.29 is 5.11 Å². The summed E-state index contributed by atoms with van der Waals surface area (Å²) in [5.41, 5.74) is 2.16. The molecular formula is C13H11O+. The summed E-state index contributed by atoms with van der Waals surface area (Å²) in [5, 5.41) is 9.15. The van der Waals surface area contributed by atoms with Crippen LogP contribution in [0.15, 0.2) is 48.6 Å². The standard InChI is InChI=1S/C13H10O/c14-13-9-7-12(8-10-13)11-5-3-1-2-4-6-11/h1-3,5,7-10H,4H2/p+1. The second-order valence-corrected chi connectivity index (χ2v) is 3.13. The fourth-order valence-electron chi connectivity index (χ4n) is 1.37. The summed E-state index contributed by atoms with van der Waals surface area (Å²) in [6, 6.07) is 7.17. The van der Waals surface area contributed by atoms with Crippen molar-refractivity contribution in [2.75, 3.05) is 0 Å². The summed E-state index contributed by atoms with van der Waals surface area (Å²) in [6.45, 7) is 0. The first-order valence-electron chi connectivity index (χ1n) is 4.60. The molecule has 1 aromatic rings. The van der Waals surface area contributed by atoms with Crippen molar-refractivity contribution in [3.63, 3.8) is 0 Å². The van der Waals surface area contributed by atoms with Crippen molar-refractivity contribution >= 4 is 5.57 Å². The van der Waals surface area contributed by atoms with Gasteiger partial charge >= 0.3 is 0 Å². The molecule has 1 heteroatoms. The van der Waals surface area contributed by atoms with Gasteiger partial charge in [0.05, 0.1) is 18.1 Å². The Balaban J connectivity index is 2.31. The predicted octanol–water partition coefficient (Wildman–Crippen LogP) is 3.09. The number of phenolic OH excluding ortho intramolecular Hbond substituents is 1. The molecule has 0 saturated heterocycles. The maximum atomic E-state index is 9.15. The summed E-state index contributed by atoms with van der Waals surface area (Å²) >= 11 is 0. The van der Waals surface area contributed by atoms with E-state index in [0.29, 0.717) is 5.75 Å². The highest BCUT2D eigenvalue weighted by atomic mass is 16.3. The SMILES string of the molecule is Oc1ccc(C2=[C+]CC=CC=C2)cc1. The Morgan fingerprint density at radius 3 is 2.64 bits per heavy atom. The van der Waals surface area contributed by atoms with E-state index in [2.05, 4.69) is 12.2 Å². The van der Waals surface area contributed by atoms with Crippen molar-refractivity contribution in [2.24, 2.45) is 0 Å². The van der Waals surface area contributed by atoms with Gasteiger partial charge in [0.2, 0.25) is 0 Å². The molecule has 0 bridgehead atoms. The summed E-state index contributed by atoms with van der Waals surface area (Å²) in [7, 11) is 0. The molecule has 0 atom stereocenters. The van der Waals surface area contributed by atoms with Crippen LogP contribution in [-0.4, -0.2) is 5.11 Å². The third-order valence-corrected chi connectivity index (χ3v) is 2.10. The molecule has 1 aliphatic carbocycles. The molecule has 1 nitrogen and oxygen atoms in total. The number of rotatable bonds is 1. The molecule has 0 fully saturated rings. The molecule has 1 N–H and O–H groups in total. The number of hydrogen-bond acceptors (Lipinski definition) is 1. The lowest BCUT2D eigenvalue weighted by molar-refractivity contribution is 0.475. The molecule has 0 unspecified atom stereocenters. The average Bonchev–Trinajstić information content (AvgIpc) is 2.47. The third kappa shape index (κ3) is 1.90. The zero-order chi connectivity index (χ0) is 9.80. The number of allylic oxidation sites excluding steroid dienone is 6. The van der Waals surface area contributed by atoms with Crippen LogP contribution in [0.25, 0.3) is 5.57 Å². The third-order valence-electron chi connectivity index (χ3n) is 2.10. The lowest BCUT2D eigenvalue weighted by atomic mass is 10.0. The Kier molecular flexibility index (Phi) is 2.44. The largest absolute Gasteiger partial charge is 0.508 e. The highest BCUT2D eigenvalue weighted by Gasteiger charge is 2.09. The number of phenols is 1. The maximum Gasteiger partial charge on any atom is 0.191 e. The Morgan fingerprint density at radius 2 is 1.86 bits per heavy atom.